The SMILES string of the molecule is C1=C(c2ccccn2)NNS1. The number of hydrazine groups is 1. The highest BCUT2D eigenvalue weighted by Gasteiger charge is 2.05. The summed E-state index contributed by atoms with van der Waals surface area (Å²) in [5.41, 5.74) is 4.97. The summed E-state index contributed by atoms with van der Waals surface area (Å²) in [6.07, 6.45) is 1.78. The van der Waals surface area contributed by atoms with Gasteiger partial charge in [-0.25, -0.2) is 0 Å². The Labute approximate surface area is 69.0 Å². The summed E-state index contributed by atoms with van der Waals surface area (Å²) in [4.78, 5) is 7.08. The van der Waals surface area contributed by atoms with E-state index in [9.17, 15) is 0 Å². The van der Waals surface area contributed by atoms with Crippen molar-refractivity contribution >= 4 is 17.6 Å². The largest absolute Gasteiger partial charge is 0.309 e. The molecule has 0 aliphatic carbocycles. The van der Waals surface area contributed by atoms with Gasteiger partial charge in [-0.05, 0) is 24.1 Å². The second kappa shape index (κ2) is 2.94. The molecule has 1 aliphatic rings. The Morgan fingerprint density at radius 2 is 2.36 bits per heavy atom. The summed E-state index contributed by atoms with van der Waals surface area (Å²) in [5, 5.41) is 1.99. The van der Waals surface area contributed by atoms with E-state index in [-0.39, 0.29) is 0 Å². The van der Waals surface area contributed by atoms with Gasteiger partial charge >= 0.3 is 0 Å². The molecule has 0 atom stereocenters. The molecule has 0 amide bonds. The first-order valence-corrected chi connectivity index (χ1v) is 4.13. The van der Waals surface area contributed by atoms with Crippen molar-refractivity contribution < 1.29 is 0 Å². The van der Waals surface area contributed by atoms with Crippen LogP contribution in [-0.2, 0) is 0 Å². The van der Waals surface area contributed by atoms with E-state index in [1.165, 1.54) is 11.9 Å². The van der Waals surface area contributed by atoms with Crippen molar-refractivity contribution in [2.24, 2.45) is 0 Å². The maximum absolute atomic E-state index is 4.18. The van der Waals surface area contributed by atoms with E-state index < -0.39 is 0 Å². The Morgan fingerprint density at radius 3 is 3.00 bits per heavy atom. The highest BCUT2D eigenvalue weighted by Crippen LogP contribution is 2.15. The Bertz CT molecular complexity index is 270. The second-order valence-electron chi connectivity index (χ2n) is 2.09. The highest BCUT2D eigenvalue weighted by atomic mass is 32.2. The molecule has 2 N–H and O–H groups in total. The Morgan fingerprint density at radius 1 is 1.36 bits per heavy atom. The fourth-order valence-electron chi connectivity index (χ4n) is 0.849. The first-order chi connectivity index (χ1) is 5.47. The lowest BCUT2D eigenvalue weighted by Gasteiger charge is -1.99. The van der Waals surface area contributed by atoms with Crippen LogP contribution in [0.25, 0.3) is 5.70 Å². The highest BCUT2D eigenvalue weighted by molar-refractivity contribution is 8.00. The summed E-state index contributed by atoms with van der Waals surface area (Å²) < 4.78 is 0. The standard InChI is InChI=1S/C7H7N3S/c1-2-4-8-6(3-1)7-5-11-10-9-7/h1-5,9-10H. The van der Waals surface area contributed by atoms with Gasteiger partial charge in [-0.1, -0.05) is 6.07 Å². The van der Waals surface area contributed by atoms with Gasteiger partial charge in [0.15, 0.2) is 0 Å². The van der Waals surface area contributed by atoms with Crippen LogP contribution in [0.4, 0.5) is 0 Å². The van der Waals surface area contributed by atoms with Gasteiger partial charge in [-0.2, -0.15) is 4.83 Å². The van der Waals surface area contributed by atoms with Crippen molar-refractivity contribution in [1.29, 1.82) is 0 Å². The zero-order valence-corrected chi connectivity index (χ0v) is 6.56. The van der Waals surface area contributed by atoms with Crippen molar-refractivity contribution in [3.05, 3.63) is 35.5 Å². The molecule has 0 aromatic carbocycles. The van der Waals surface area contributed by atoms with Crippen LogP contribution < -0.4 is 10.3 Å². The van der Waals surface area contributed by atoms with Crippen LogP contribution in [0.2, 0.25) is 0 Å². The van der Waals surface area contributed by atoms with Crippen LogP contribution in [0.1, 0.15) is 5.69 Å². The van der Waals surface area contributed by atoms with Gasteiger partial charge in [-0.3, -0.25) is 4.98 Å². The lowest BCUT2D eigenvalue weighted by atomic mass is 10.3. The van der Waals surface area contributed by atoms with E-state index in [0.717, 1.165) is 11.4 Å². The van der Waals surface area contributed by atoms with Crippen molar-refractivity contribution in [2.75, 3.05) is 0 Å². The average molecular weight is 165 g/mol. The number of nitrogens with one attached hydrogen (secondary N) is 2. The van der Waals surface area contributed by atoms with Crippen molar-refractivity contribution in [1.82, 2.24) is 15.2 Å². The predicted octanol–water partition coefficient (Wildman–Crippen LogP) is 1.14. The molecule has 0 saturated heterocycles. The van der Waals surface area contributed by atoms with E-state index in [2.05, 4.69) is 15.2 Å². The van der Waals surface area contributed by atoms with Gasteiger partial charge in [0.25, 0.3) is 0 Å². The first-order valence-electron chi connectivity index (χ1n) is 3.25. The quantitative estimate of drug-likeness (QED) is 0.612. The lowest BCUT2D eigenvalue weighted by molar-refractivity contribution is 0.909. The number of nitrogens with zero attached hydrogens (tertiary/aromatic N) is 1. The number of pyridine rings is 1. The van der Waals surface area contributed by atoms with E-state index in [1.54, 1.807) is 6.20 Å². The number of rotatable bonds is 1. The van der Waals surface area contributed by atoms with Gasteiger partial charge in [0.1, 0.15) is 0 Å². The van der Waals surface area contributed by atoms with Crippen LogP contribution in [0.5, 0.6) is 0 Å². The van der Waals surface area contributed by atoms with Crippen molar-refractivity contribution in [3.8, 4) is 0 Å². The molecule has 0 bridgehead atoms. The fourth-order valence-corrected chi connectivity index (χ4v) is 1.37. The summed E-state index contributed by atoms with van der Waals surface area (Å²) in [6, 6.07) is 5.83. The third-order valence-corrected chi connectivity index (χ3v) is 1.94. The molecule has 11 heavy (non-hydrogen) atoms. The normalized spacial score (nSPS) is 15.8. The fraction of sp³-hybridized carbons (Fsp3) is 0. The minimum atomic E-state index is 0.963. The number of aromatic nitrogens is 1. The molecule has 1 aliphatic heterocycles. The lowest BCUT2D eigenvalue weighted by Crippen LogP contribution is -2.17. The molecule has 0 saturated carbocycles. The topological polar surface area (TPSA) is 37.0 Å². The van der Waals surface area contributed by atoms with Crippen LogP contribution in [0.3, 0.4) is 0 Å². The summed E-state index contributed by atoms with van der Waals surface area (Å²) >= 11 is 1.51. The predicted molar refractivity (Wildman–Crippen MR) is 46.1 cm³/mol. The monoisotopic (exact) mass is 165 g/mol. The Hall–Kier alpha value is -1.00. The summed E-state index contributed by atoms with van der Waals surface area (Å²) in [7, 11) is 0. The van der Waals surface area contributed by atoms with Gasteiger partial charge in [0, 0.05) is 11.6 Å². The molecular weight excluding hydrogens is 158 g/mol. The van der Waals surface area contributed by atoms with E-state index in [1.807, 2.05) is 23.6 Å². The Balaban J connectivity index is 2.29. The molecule has 0 radical (unpaired) electrons. The number of hydrogen-bond acceptors (Lipinski definition) is 4. The van der Waals surface area contributed by atoms with Gasteiger partial charge in [-0.15, -0.1) is 0 Å². The molecule has 0 fully saturated rings. The molecule has 4 heteroatoms. The van der Waals surface area contributed by atoms with Gasteiger partial charge in [0.05, 0.1) is 11.4 Å². The van der Waals surface area contributed by atoms with E-state index >= 15 is 0 Å². The molecule has 2 heterocycles. The van der Waals surface area contributed by atoms with Gasteiger partial charge in [0.2, 0.25) is 0 Å². The minimum Gasteiger partial charge on any atom is -0.309 e. The second-order valence-corrected chi connectivity index (χ2v) is 2.77. The van der Waals surface area contributed by atoms with Gasteiger partial charge < -0.3 is 5.43 Å². The van der Waals surface area contributed by atoms with Crippen LogP contribution in [-0.4, -0.2) is 4.98 Å². The molecule has 1 aromatic rings. The van der Waals surface area contributed by atoms with Crippen LogP contribution in [0, 0.1) is 0 Å². The first kappa shape index (κ1) is 6.69. The van der Waals surface area contributed by atoms with Crippen LogP contribution in [0.15, 0.2) is 29.8 Å². The smallest absolute Gasteiger partial charge is 0.0880 e. The molecule has 56 valence electrons. The summed E-state index contributed by atoms with van der Waals surface area (Å²) in [6.45, 7) is 0. The maximum Gasteiger partial charge on any atom is 0.0880 e. The zero-order chi connectivity index (χ0) is 7.52. The third-order valence-electron chi connectivity index (χ3n) is 1.36. The number of hydrogen-bond donors (Lipinski definition) is 2. The molecule has 2 rings (SSSR count). The molecular formula is C7H7N3S. The Kier molecular flexibility index (Phi) is 1.79. The van der Waals surface area contributed by atoms with Crippen molar-refractivity contribution in [2.45, 2.75) is 0 Å². The van der Waals surface area contributed by atoms with Crippen LogP contribution >= 0.6 is 11.9 Å². The zero-order valence-electron chi connectivity index (χ0n) is 5.74. The average Bonchev–Trinajstić information content (AvgIpc) is 2.58. The third kappa shape index (κ3) is 1.36. The summed E-state index contributed by atoms with van der Waals surface area (Å²) in [5.74, 6) is 0. The minimum absolute atomic E-state index is 0.963. The van der Waals surface area contributed by atoms with E-state index in [4.69, 9.17) is 0 Å². The molecule has 3 nitrogen and oxygen atoms in total. The molecule has 0 unspecified atom stereocenters. The van der Waals surface area contributed by atoms with E-state index in [0.29, 0.717) is 0 Å². The molecule has 0 spiro atoms. The maximum atomic E-state index is 4.18. The molecule has 1 aromatic heterocycles. The van der Waals surface area contributed by atoms with Crippen molar-refractivity contribution in [3.63, 3.8) is 0 Å².